The Morgan fingerprint density at radius 3 is 2.48 bits per heavy atom. The fourth-order valence-corrected chi connectivity index (χ4v) is 2.00. The first-order valence-corrected chi connectivity index (χ1v) is 6.65. The molecule has 1 saturated heterocycles. The van der Waals surface area contributed by atoms with Gasteiger partial charge in [-0.15, -0.1) is 0 Å². The monoisotopic (exact) mass is 301 g/mol. The molecule has 0 unspecified atom stereocenters. The molecule has 1 heterocycles. The van der Waals surface area contributed by atoms with Crippen LogP contribution >= 0.6 is 0 Å². The molecule has 1 fully saturated rings. The Morgan fingerprint density at radius 1 is 1.29 bits per heavy atom. The zero-order valence-electron chi connectivity index (χ0n) is 11.4. The number of alkyl halides is 2. The first kappa shape index (κ1) is 15.7. The van der Waals surface area contributed by atoms with Crippen LogP contribution in [0.25, 0.3) is 0 Å². The fraction of sp³-hybridized carbons (Fsp3) is 0.500. The third-order valence-corrected chi connectivity index (χ3v) is 3.27. The third kappa shape index (κ3) is 4.12. The average Bonchev–Trinajstić information content (AvgIpc) is 2.49. The lowest BCUT2D eigenvalue weighted by Gasteiger charge is -2.26. The van der Waals surface area contributed by atoms with Gasteiger partial charge < -0.3 is 14.6 Å². The van der Waals surface area contributed by atoms with Crippen molar-refractivity contribution in [2.24, 2.45) is 0 Å². The second-order valence-electron chi connectivity index (χ2n) is 4.71. The van der Waals surface area contributed by atoms with Gasteiger partial charge in [-0.1, -0.05) is 0 Å². The molecule has 0 atom stereocenters. The van der Waals surface area contributed by atoms with E-state index in [1.54, 1.807) is 0 Å². The molecule has 2 rings (SSSR count). The quantitative estimate of drug-likeness (QED) is 0.864. The van der Waals surface area contributed by atoms with Crippen LogP contribution in [0.2, 0.25) is 0 Å². The van der Waals surface area contributed by atoms with Crippen molar-refractivity contribution in [3.05, 3.63) is 29.8 Å². The van der Waals surface area contributed by atoms with Gasteiger partial charge in [0.2, 0.25) is 0 Å². The van der Waals surface area contributed by atoms with Gasteiger partial charge in [-0.2, -0.15) is 8.78 Å². The average molecular weight is 301 g/mol. The van der Waals surface area contributed by atoms with Crippen molar-refractivity contribution in [3.8, 4) is 5.75 Å². The van der Waals surface area contributed by atoms with Crippen LogP contribution < -0.4 is 4.74 Å². The third-order valence-electron chi connectivity index (χ3n) is 3.27. The summed E-state index contributed by atoms with van der Waals surface area (Å²) >= 11 is 0. The molecule has 5 nitrogen and oxygen atoms in total. The molecule has 116 valence electrons. The Kier molecular flexibility index (Phi) is 5.08. The molecule has 1 N–H and O–H groups in total. The van der Waals surface area contributed by atoms with E-state index in [2.05, 4.69) is 4.90 Å². The van der Waals surface area contributed by atoms with Crippen LogP contribution in [0.1, 0.15) is 5.56 Å². The number of nitrogens with zero attached hydrogens (tertiary/aromatic N) is 1. The van der Waals surface area contributed by atoms with Gasteiger partial charge in [-0.3, -0.25) is 4.90 Å². The smallest absolute Gasteiger partial charge is 0.379 e. The second-order valence-corrected chi connectivity index (χ2v) is 4.71. The zero-order chi connectivity index (χ0) is 15.3. The van der Waals surface area contributed by atoms with E-state index < -0.39 is 17.5 Å². The summed E-state index contributed by atoms with van der Waals surface area (Å²) in [4.78, 5) is 12.6. The molecule has 0 amide bonds. The molecule has 21 heavy (non-hydrogen) atoms. The molecule has 0 spiro atoms. The van der Waals surface area contributed by atoms with Crippen molar-refractivity contribution in [2.45, 2.75) is 5.92 Å². The van der Waals surface area contributed by atoms with E-state index in [0.29, 0.717) is 25.6 Å². The molecule has 0 aliphatic carbocycles. The Bertz CT molecular complexity index is 472. The van der Waals surface area contributed by atoms with Crippen LogP contribution in [0.5, 0.6) is 5.75 Å². The van der Waals surface area contributed by atoms with Gasteiger partial charge in [-0.25, -0.2) is 4.79 Å². The number of hydrogen-bond donors (Lipinski definition) is 1. The first-order chi connectivity index (χ1) is 10.00. The maximum atomic E-state index is 13.2. The highest BCUT2D eigenvalue weighted by molar-refractivity contribution is 5.77. The summed E-state index contributed by atoms with van der Waals surface area (Å²) < 4.78 is 37.2. The van der Waals surface area contributed by atoms with Crippen LogP contribution in [0.3, 0.4) is 0 Å². The second kappa shape index (κ2) is 6.82. The topological polar surface area (TPSA) is 59.0 Å². The summed E-state index contributed by atoms with van der Waals surface area (Å²) in [5.74, 6) is -5.61. The molecule has 0 radical (unpaired) electrons. The minimum atomic E-state index is -3.88. The van der Waals surface area contributed by atoms with Gasteiger partial charge in [0.05, 0.1) is 13.2 Å². The van der Waals surface area contributed by atoms with Crippen molar-refractivity contribution >= 4 is 5.97 Å². The minimum absolute atomic E-state index is 0.438. The molecule has 7 heteroatoms. The van der Waals surface area contributed by atoms with E-state index >= 15 is 0 Å². The molecule has 1 aromatic carbocycles. The normalized spacial score (nSPS) is 16.7. The van der Waals surface area contributed by atoms with E-state index in [0.717, 1.165) is 31.8 Å². The van der Waals surface area contributed by atoms with Crippen LogP contribution in [0, 0.1) is 0 Å². The SMILES string of the molecule is O=C(O)C(F)(F)c1ccc(OCCN2CCOCC2)cc1. The van der Waals surface area contributed by atoms with E-state index in [1.165, 1.54) is 12.1 Å². The largest absolute Gasteiger partial charge is 0.492 e. The maximum Gasteiger partial charge on any atom is 0.379 e. The number of hydrogen-bond acceptors (Lipinski definition) is 4. The van der Waals surface area contributed by atoms with Gasteiger partial charge >= 0.3 is 11.9 Å². The highest BCUT2D eigenvalue weighted by Gasteiger charge is 2.40. The minimum Gasteiger partial charge on any atom is -0.492 e. The van der Waals surface area contributed by atoms with Crippen molar-refractivity contribution in [1.29, 1.82) is 0 Å². The van der Waals surface area contributed by atoms with Crippen LogP contribution in [-0.2, 0) is 15.5 Å². The number of aliphatic carboxylic acids is 1. The lowest BCUT2D eigenvalue weighted by atomic mass is 10.1. The Hall–Kier alpha value is -1.73. The number of benzene rings is 1. The summed E-state index contributed by atoms with van der Waals surface area (Å²) in [6, 6.07) is 4.84. The number of halogens is 2. The summed E-state index contributed by atoms with van der Waals surface area (Å²) in [5, 5.41) is 8.45. The van der Waals surface area contributed by atoms with Gasteiger partial charge in [0.15, 0.2) is 0 Å². The summed E-state index contributed by atoms with van der Waals surface area (Å²) in [6.45, 7) is 4.29. The van der Waals surface area contributed by atoms with Gasteiger partial charge in [0.25, 0.3) is 0 Å². The lowest BCUT2D eigenvalue weighted by molar-refractivity contribution is -0.166. The number of morpholine rings is 1. The molecule has 1 aliphatic rings. The molecule has 0 bridgehead atoms. The van der Waals surface area contributed by atoms with Crippen LogP contribution in [0.15, 0.2) is 24.3 Å². The lowest BCUT2D eigenvalue weighted by Crippen LogP contribution is -2.38. The Morgan fingerprint density at radius 2 is 1.90 bits per heavy atom. The van der Waals surface area contributed by atoms with Gasteiger partial charge in [0, 0.05) is 25.2 Å². The molecule has 0 aromatic heterocycles. The number of ether oxygens (including phenoxy) is 2. The standard InChI is InChI=1S/C14H17F2NO4/c15-14(16,13(18)19)11-1-3-12(4-2-11)21-10-7-17-5-8-20-9-6-17/h1-4H,5-10H2,(H,18,19). The van der Waals surface area contributed by atoms with Crippen LogP contribution in [0.4, 0.5) is 8.78 Å². The summed E-state index contributed by atoms with van der Waals surface area (Å²) in [6.07, 6.45) is 0. The van der Waals surface area contributed by atoms with E-state index in [-0.39, 0.29) is 0 Å². The van der Waals surface area contributed by atoms with E-state index in [1.807, 2.05) is 0 Å². The number of rotatable bonds is 6. The predicted octanol–water partition coefficient (Wildman–Crippen LogP) is 1.57. The summed E-state index contributed by atoms with van der Waals surface area (Å²) in [7, 11) is 0. The number of carboxylic acids is 1. The number of carboxylic acid groups (broad SMARTS) is 1. The molecule has 1 aliphatic heterocycles. The highest BCUT2D eigenvalue weighted by Crippen LogP contribution is 2.29. The van der Waals surface area contributed by atoms with Crippen LogP contribution in [-0.4, -0.2) is 55.4 Å². The zero-order valence-corrected chi connectivity index (χ0v) is 11.4. The summed E-state index contributed by atoms with van der Waals surface area (Å²) in [5.41, 5.74) is -0.560. The predicted molar refractivity (Wildman–Crippen MR) is 70.7 cm³/mol. The van der Waals surface area contributed by atoms with Crippen molar-refractivity contribution in [3.63, 3.8) is 0 Å². The first-order valence-electron chi connectivity index (χ1n) is 6.65. The van der Waals surface area contributed by atoms with E-state index in [9.17, 15) is 13.6 Å². The van der Waals surface area contributed by atoms with Gasteiger partial charge in [0.1, 0.15) is 12.4 Å². The van der Waals surface area contributed by atoms with Crippen molar-refractivity contribution in [1.82, 2.24) is 4.90 Å². The van der Waals surface area contributed by atoms with Crippen molar-refractivity contribution < 1.29 is 28.2 Å². The maximum absolute atomic E-state index is 13.2. The molecular weight excluding hydrogens is 284 g/mol. The molecule has 0 saturated carbocycles. The highest BCUT2D eigenvalue weighted by atomic mass is 19.3. The molecular formula is C14H17F2NO4. The Balaban J connectivity index is 1.83. The van der Waals surface area contributed by atoms with Crippen molar-refractivity contribution in [2.75, 3.05) is 39.5 Å². The van der Waals surface area contributed by atoms with E-state index in [4.69, 9.17) is 14.6 Å². The number of carbonyl (C=O) groups is 1. The van der Waals surface area contributed by atoms with Gasteiger partial charge in [-0.05, 0) is 24.3 Å². The fourth-order valence-electron chi connectivity index (χ4n) is 2.00. The Labute approximate surface area is 121 Å². The molecule has 1 aromatic rings.